The number of halogens is 1. The molecule has 1 heterocycles. The molecule has 1 aromatic heterocycles. The molecule has 2 N–H and O–H groups in total. The Balaban J connectivity index is 2.38. The standard InChI is InChI=1S/C14H16BrN3O/c1-8-6-11(4-5-13(8)15)19-14-12(7-16)9(2)10(3)17-18-14/h4-6H,7,16H2,1-3H3. The van der Waals surface area contributed by atoms with Crippen molar-refractivity contribution in [3.63, 3.8) is 0 Å². The minimum Gasteiger partial charge on any atom is -0.437 e. The molecule has 100 valence electrons. The van der Waals surface area contributed by atoms with Crippen LogP contribution in [0.25, 0.3) is 0 Å². The molecule has 5 heteroatoms. The Hall–Kier alpha value is -1.46. The molecule has 0 aliphatic carbocycles. The lowest BCUT2D eigenvalue weighted by Gasteiger charge is -2.12. The molecule has 1 aromatic carbocycles. The van der Waals surface area contributed by atoms with E-state index in [9.17, 15) is 0 Å². The fraction of sp³-hybridized carbons (Fsp3) is 0.286. The van der Waals surface area contributed by atoms with Crippen LogP contribution in [0.3, 0.4) is 0 Å². The molecule has 0 spiro atoms. The number of rotatable bonds is 3. The monoisotopic (exact) mass is 321 g/mol. The zero-order chi connectivity index (χ0) is 14.0. The van der Waals surface area contributed by atoms with Crippen molar-refractivity contribution >= 4 is 15.9 Å². The maximum atomic E-state index is 5.80. The Labute approximate surface area is 121 Å². The van der Waals surface area contributed by atoms with Gasteiger partial charge in [-0.1, -0.05) is 15.9 Å². The van der Waals surface area contributed by atoms with E-state index in [4.69, 9.17) is 10.5 Å². The molecule has 19 heavy (non-hydrogen) atoms. The minimum absolute atomic E-state index is 0.382. The van der Waals surface area contributed by atoms with Gasteiger partial charge in [0, 0.05) is 16.6 Å². The summed E-state index contributed by atoms with van der Waals surface area (Å²) in [4.78, 5) is 0. The zero-order valence-electron chi connectivity index (χ0n) is 11.2. The zero-order valence-corrected chi connectivity index (χ0v) is 12.8. The first-order valence-electron chi connectivity index (χ1n) is 5.99. The number of hydrogen-bond acceptors (Lipinski definition) is 4. The van der Waals surface area contributed by atoms with Gasteiger partial charge >= 0.3 is 0 Å². The Kier molecular flexibility index (Phi) is 4.17. The lowest BCUT2D eigenvalue weighted by Crippen LogP contribution is -2.07. The fourth-order valence-electron chi connectivity index (χ4n) is 1.75. The average molecular weight is 322 g/mol. The van der Waals surface area contributed by atoms with E-state index >= 15 is 0 Å². The highest BCUT2D eigenvalue weighted by molar-refractivity contribution is 9.10. The molecular weight excluding hydrogens is 306 g/mol. The van der Waals surface area contributed by atoms with Crippen LogP contribution >= 0.6 is 15.9 Å². The summed E-state index contributed by atoms with van der Waals surface area (Å²) in [7, 11) is 0. The first-order valence-corrected chi connectivity index (χ1v) is 6.79. The van der Waals surface area contributed by atoms with Crippen molar-refractivity contribution in [1.82, 2.24) is 10.2 Å². The van der Waals surface area contributed by atoms with E-state index in [1.54, 1.807) is 0 Å². The second kappa shape index (κ2) is 5.67. The number of ether oxygens (including phenoxy) is 1. The van der Waals surface area contributed by atoms with Gasteiger partial charge in [-0.05, 0) is 50.1 Å². The van der Waals surface area contributed by atoms with E-state index in [1.807, 2.05) is 39.0 Å². The van der Waals surface area contributed by atoms with Crippen LogP contribution < -0.4 is 10.5 Å². The lowest BCUT2D eigenvalue weighted by atomic mass is 10.1. The van der Waals surface area contributed by atoms with Gasteiger partial charge in [-0.3, -0.25) is 0 Å². The van der Waals surface area contributed by atoms with Crippen LogP contribution in [0, 0.1) is 20.8 Å². The molecular formula is C14H16BrN3O. The molecule has 0 bridgehead atoms. The van der Waals surface area contributed by atoms with Gasteiger partial charge in [0.25, 0.3) is 0 Å². The first-order chi connectivity index (χ1) is 9.02. The number of hydrogen-bond donors (Lipinski definition) is 1. The summed E-state index contributed by atoms with van der Waals surface area (Å²) >= 11 is 3.46. The van der Waals surface area contributed by atoms with Crippen molar-refractivity contribution in [2.45, 2.75) is 27.3 Å². The number of aryl methyl sites for hydroxylation is 2. The molecule has 2 aromatic rings. The Morgan fingerprint density at radius 3 is 2.58 bits per heavy atom. The van der Waals surface area contributed by atoms with Crippen LogP contribution in [0.4, 0.5) is 0 Å². The molecule has 0 unspecified atom stereocenters. The van der Waals surface area contributed by atoms with Crippen molar-refractivity contribution in [1.29, 1.82) is 0 Å². The van der Waals surface area contributed by atoms with E-state index in [0.29, 0.717) is 12.4 Å². The van der Waals surface area contributed by atoms with Gasteiger partial charge in [0.05, 0.1) is 5.69 Å². The van der Waals surface area contributed by atoms with Crippen LogP contribution in [0.5, 0.6) is 11.6 Å². The van der Waals surface area contributed by atoms with Gasteiger partial charge in [-0.15, -0.1) is 5.10 Å². The summed E-state index contributed by atoms with van der Waals surface area (Å²) in [6, 6.07) is 5.77. The van der Waals surface area contributed by atoms with Crippen molar-refractivity contribution in [2.24, 2.45) is 5.73 Å². The highest BCUT2D eigenvalue weighted by atomic mass is 79.9. The molecule has 0 saturated carbocycles. The van der Waals surface area contributed by atoms with Gasteiger partial charge in [-0.2, -0.15) is 5.10 Å². The third-order valence-electron chi connectivity index (χ3n) is 3.09. The van der Waals surface area contributed by atoms with Gasteiger partial charge in [0.2, 0.25) is 5.88 Å². The van der Waals surface area contributed by atoms with Gasteiger partial charge in [0.1, 0.15) is 5.75 Å². The maximum Gasteiger partial charge on any atom is 0.243 e. The predicted molar refractivity (Wildman–Crippen MR) is 78.4 cm³/mol. The maximum absolute atomic E-state index is 5.80. The van der Waals surface area contributed by atoms with Crippen LogP contribution in [0.2, 0.25) is 0 Å². The van der Waals surface area contributed by atoms with E-state index in [1.165, 1.54) is 0 Å². The average Bonchev–Trinajstić information content (AvgIpc) is 2.39. The van der Waals surface area contributed by atoms with Crippen LogP contribution in [0.15, 0.2) is 22.7 Å². The Bertz CT molecular complexity index is 614. The van der Waals surface area contributed by atoms with Crippen LogP contribution in [0.1, 0.15) is 22.4 Å². The van der Waals surface area contributed by atoms with Crippen molar-refractivity contribution in [3.05, 3.63) is 45.1 Å². The third-order valence-corrected chi connectivity index (χ3v) is 3.98. The summed E-state index contributed by atoms with van der Waals surface area (Å²) in [5, 5.41) is 8.18. The normalized spacial score (nSPS) is 10.6. The Morgan fingerprint density at radius 2 is 1.95 bits per heavy atom. The largest absolute Gasteiger partial charge is 0.437 e. The molecule has 0 aliphatic rings. The smallest absolute Gasteiger partial charge is 0.243 e. The van der Waals surface area contributed by atoms with Gasteiger partial charge < -0.3 is 10.5 Å². The molecule has 0 saturated heterocycles. The van der Waals surface area contributed by atoms with E-state index in [0.717, 1.165) is 32.6 Å². The van der Waals surface area contributed by atoms with Crippen LogP contribution in [-0.2, 0) is 6.54 Å². The van der Waals surface area contributed by atoms with Gasteiger partial charge in [-0.25, -0.2) is 0 Å². The number of benzene rings is 1. The molecule has 0 amide bonds. The molecule has 0 atom stereocenters. The second-order valence-corrected chi connectivity index (χ2v) is 5.27. The lowest BCUT2D eigenvalue weighted by molar-refractivity contribution is 0.446. The summed E-state index contributed by atoms with van der Waals surface area (Å²) in [6.07, 6.45) is 0. The predicted octanol–water partition coefficient (Wildman–Crippen LogP) is 3.42. The fourth-order valence-corrected chi connectivity index (χ4v) is 2.00. The van der Waals surface area contributed by atoms with E-state index < -0.39 is 0 Å². The minimum atomic E-state index is 0.382. The summed E-state index contributed by atoms with van der Waals surface area (Å²) in [5.74, 6) is 1.21. The number of aromatic nitrogens is 2. The van der Waals surface area contributed by atoms with E-state index in [-0.39, 0.29) is 0 Å². The topological polar surface area (TPSA) is 61.0 Å². The summed E-state index contributed by atoms with van der Waals surface area (Å²) in [6.45, 7) is 6.28. The molecule has 4 nitrogen and oxygen atoms in total. The quantitative estimate of drug-likeness (QED) is 0.941. The second-order valence-electron chi connectivity index (χ2n) is 4.41. The molecule has 0 radical (unpaired) electrons. The first kappa shape index (κ1) is 14.0. The van der Waals surface area contributed by atoms with Crippen LogP contribution in [-0.4, -0.2) is 10.2 Å². The van der Waals surface area contributed by atoms with E-state index in [2.05, 4.69) is 26.1 Å². The Morgan fingerprint density at radius 1 is 1.21 bits per heavy atom. The highest BCUT2D eigenvalue weighted by Gasteiger charge is 2.12. The highest BCUT2D eigenvalue weighted by Crippen LogP contribution is 2.28. The number of nitrogens with zero attached hydrogens (tertiary/aromatic N) is 2. The molecule has 0 aliphatic heterocycles. The third kappa shape index (κ3) is 2.93. The molecule has 0 fully saturated rings. The number of nitrogens with two attached hydrogens (primary N) is 1. The summed E-state index contributed by atoms with van der Waals surface area (Å²) < 4.78 is 6.84. The van der Waals surface area contributed by atoms with Gasteiger partial charge in [0.15, 0.2) is 0 Å². The summed E-state index contributed by atoms with van der Waals surface area (Å²) in [5.41, 5.74) is 9.67. The van der Waals surface area contributed by atoms with Crippen molar-refractivity contribution < 1.29 is 4.74 Å². The van der Waals surface area contributed by atoms with Crippen molar-refractivity contribution in [2.75, 3.05) is 0 Å². The SMILES string of the molecule is Cc1cc(Oc2nnc(C)c(C)c2CN)ccc1Br. The van der Waals surface area contributed by atoms with Crippen molar-refractivity contribution in [3.8, 4) is 11.6 Å². The molecule has 2 rings (SSSR count).